The van der Waals surface area contributed by atoms with Crippen molar-refractivity contribution in [1.82, 2.24) is 4.90 Å². The molecule has 1 unspecified atom stereocenters. The molecule has 0 saturated carbocycles. The maximum atomic E-state index is 9.06. The maximum absolute atomic E-state index is 9.06. The second-order valence-electron chi connectivity index (χ2n) is 4.21. The summed E-state index contributed by atoms with van der Waals surface area (Å²) in [5, 5.41) is 9.06. The molecule has 0 radical (unpaired) electrons. The molecule has 17 heavy (non-hydrogen) atoms. The van der Waals surface area contributed by atoms with Crippen LogP contribution in [0.3, 0.4) is 0 Å². The van der Waals surface area contributed by atoms with E-state index in [1.807, 2.05) is 18.2 Å². The van der Waals surface area contributed by atoms with Gasteiger partial charge in [0.1, 0.15) is 5.75 Å². The van der Waals surface area contributed by atoms with Crippen LogP contribution in [-0.4, -0.2) is 24.6 Å². The average molecular weight is 295 g/mol. The number of ether oxygens (including phenoxy) is 1. The first-order valence-electron chi connectivity index (χ1n) is 5.70. The molecule has 1 aliphatic rings. The molecule has 1 saturated heterocycles. The van der Waals surface area contributed by atoms with E-state index in [1.54, 1.807) is 7.11 Å². The molecule has 4 heteroatoms. The van der Waals surface area contributed by atoms with Crippen LogP contribution in [0.15, 0.2) is 22.7 Å². The predicted molar refractivity (Wildman–Crippen MR) is 69.7 cm³/mol. The molecule has 0 spiro atoms. The molecular formula is C13H15BrN2O. The van der Waals surface area contributed by atoms with E-state index in [9.17, 15) is 0 Å². The van der Waals surface area contributed by atoms with Crippen LogP contribution in [0.25, 0.3) is 0 Å². The highest BCUT2D eigenvalue weighted by Gasteiger charge is 2.24. The molecule has 0 N–H and O–H groups in total. The number of halogens is 1. The quantitative estimate of drug-likeness (QED) is 0.860. The van der Waals surface area contributed by atoms with E-state index < -0.39 is 0 Å². The molecular weight excluding hydrogens is 280 g/mol. The van der Waals surface area contributed by atoms with Gasteiger partial charge in [0, 0.05) is 11.0 Å². The molecule has 0 amide bonds. The fourth-order valence-electron chi connectivity index (χ4n) is 2.18. The Kier molecular flexibility index (Phi) is 4.03. The van der Waals surface area contributed by atoms with Gasteiger partial charge in [-0.05, 0) is 43.1 Å². The number of rotatable bonds is 3. The van der Waals surface area contributed by atoms with Gasteiger partial charge in [-0.25, -0.2) is 0 Å². The van der Waals surface area contributed by atoms with Gasteiger partial charge in [-0.1, -0.05) is 15.9 Å². The lowest BCUT2D eigenvalue weighted by molar-refractivity contribution is 0.285. The molecule has 1 heterocycles. The molecule has 90 valence electrons. The zero-order chi connectivity index (χ0) is 12.3. The molecule has 1 atom stereocenters. The highest BCUT2D eigenvalue weighted by atomic mass is 79.9. The van der Waals surface area contributed by atoms with Crippen LogP contribution in [0.2, 0.25) is 0 Å². The van der Waals surface area contributed by atoms with Crippen molar-refractivity contribution in [3.8, 4) is 11.8 Å². The summed E-state index contributed by atoms with van der Waals surface area (Å²) in [6, 6.07) is 8.37. The van der Waals surface area contributed by atoms with Gasteiger partial charge in [-0.2, -0.15) is 5.26 Å². The molecule has 0 bridgehead atoms. The average Bonchev–Trinajstić information content (AvgIpc) is 2.79. The Morgan fingerprint density at radius 3 is 3.12 bits per heavy atom. The van der Waals surface area contributed by atoms with E-state index in [4.69, 9.17) is 10.00 Å². The summed E-state index contributed by atoms with van der Waals surface area (Å²) in [4.78, 5) is 2.22. The lowest BCUT2D eigenvalue weighted by Gasteiger charge is -2.20. The Labute approximate surface area is 110 Å². The summed E-state index contributed by atoms with van der Waals surface area (Å²) in [7, 11) is 1.67. The van der Waals surface area contributed by atoms with Crippen molar-refractivity contribution in [3.05, 3.63) is 28.2 Å². The number of benzene rings is 1. The Morgan fingerprint density at radius 2 is 2.41 bits per heavy atom. The molecule has 0 aliphatic carbocycles. The predicted octanol–water partition coefficient (Wildman–Crippen LogP) is 2.95. The van der Waals surface area contributed by atoms with Gasteiger partial charge in [0.25, 0.3) is 0 Å². The van der Waals surface area contributed by atoms with E-state index in [-0.39, 0.29) is 6.04 Å². The zero-order valence-electron chi connectivity index (χ0n) is 9.82. The highest BCUT2D eigenvalue weighted by molar-refractivity contribution is 9.10. The monoisotopic (exact) mass is 294 g/mol. The fourth-order valence-corrected chi connectivity index (χ4v) is 2.55. The van der Waals surface area contributed by atoms with Crippen molar-refractivity contribution in [1.29, 1.82) is 5.26 Å². The van der Waals surface area contributed by atoms with E-state index >= 15 is 0 Å². The third-order valence-electron chi connectivity index (χ3n) is 3.14. The normalized spacial score (nSPS) is 20.2. The minimum absolute atomic E-state index is 0.0631. The van der Waals surface area contributed by atoms with E-state index in [0.29, 0.717) is 0 Å². The smallest absolute Gasteiger partial charge is 0.119 e. The first kappa shape index (κ1) is 12.4. The minimum atomic E-state index is 0.0631. The van der Waals surface area contributed by atoms with E-state index in [0.717, 1.165) is 36.2 Å². The second-order valence-corrected chi connectivity index (χ2v) is 5.07. The molecule has 1 aliphatic heterocycles. The Morgan fingerprint density at radius 1 is 1.59 bits per heavy atom. The molecule has 1 aromatic rings. The van der Waals surface area contributed by atoms with Crippen LogP contribution in [0.1, 0.15) is 18.4 Å². The number of nitrogens with zero attached hydrogens (tertiary/aromatic N) is 2. The highest BCUT2D eigenvalue weighted by Crippen LogP contribution is 2.26. The number of hydrogen-bond donors (Lipinski definition) is 0. The molecule has 1 fully saturated rings. The van der Waals surface area contributed by atoms with E-state index in [2.05, 4.69) is 26.9 Å². The third-order valence-corrected chi connectivity index (χ3v) is 3.91. The van der Waals surface area contributed by atoms with Crippen LogP contribution >= 0.6 is 15.9 Å². The van der Waals surface area contributed by atoms with Gasteiger partial charge >= 0.3 is 0 Å². The van der Waals surface area contributed by atoms with Gasteiger partial charge in [0.15, 0.2) is 0 Å². The van der Waals surface area contributed by atoms with Crippen molar-refractivity contribution < 1.29 is 4.74 Å². The zero-order valence-corrected chi connectivity index (χ0v) is 11.4. The van der Waals surface area contributed by atoms with Crippen LogP contribution in [0, 0.1) is 11.3 Å². The molecule has 0 aromatic heterocycles. The summed E-state index contributed by atoms with van der Waals surface area (Å²) in [5.41, 5.74) is 1.17. The largest absolute Gasteiger partial charge is 0.497 e. The number of methoxy groups -OCH3 is 1. The fraction of sp³-hybridized carbons (Fsp3) is 0.462. The maximum Gasteiger partial charge on any atom is 0.119 e. The molecule has 2 rings (SSSR count). The Balaban J connectivity index is 2.15. The van der Waals surface area contributed by atoms with Gasteiger partial charge < -0.3 is 4.74 Å². The Bertz CT molecular complexity index is 442. The van der Waals surface area contributed by atoms with Gasteiger partial charge in [0.2, 0.25) is 0 Å². The third kappa shape index (κ3) is 2.80. The molecule has 1 aromatic carbocycles. The van der Waals surface area contributed by atoms with Gasteiger partial charge in [0.05, 0.1) is 19.2 Å². The lowest BCUT2D eigenvalue weighted by atomic mass is 10.2. The van der Waals surface area contributed by atoms with Crippen LogP contribution in [0.4, 0.5) is 0 Å². The van der Waals surface area contributed by atoms with Crippen molar-refractivity contribution in [2.45, 2.75) is 25.4 Å². The summed E-state index contributed by atoms with van der Waals surface area (Å²) in [5.74, 6) is 0.857. The van der Waals surface area contributed by atoms with Gasteiger partial charge in [-0.15, -0.1) is 0 Å². The SMILES string of the molecule is COc1ccc(Br)c(CN2CCCC2C#N)c1. The van der Waals surface area contributed by atoms with Gasteiger partial charge in [-0.3, -0.25) is 4.90 Å². The number of likely N-dealkylation sites (tertiary alicyclic amines) is 1. The van der Waals surface area contributed by atoms with Crippen molar-refractivity contribution in [2.75, 3.05) is 13.7 Å². The second kappa shape index (κ2) is 5.52. The Hall–Kier alpha value is -1.05. The van der Waals surface area contributed by atoms with E-state index in [1.165, 1.54) is 5.56 Å². The first-order chi connectivity index (χ1) is 8.24. The summed E-state index contributed by atoms with van der Waals surface area (Å²) >= 11 is 3.54. The summed E-state index contributed by atoms with van der Waals surface area (Å²) < 4.78 is 6.29. The van der Waals surface area contributed by atoms with Crippen LogP contribution in [0.5, 0.6) is 5.75 Å². The number of nitriles is 1. The summed E-state index contributed by atoms with van der Waals surface area (Å²) in [6.07, 6.45) is 2.10. The number of hydrogen-bond acceptors (Lipinski definition) is 3. The van der Waals surface area contributed by atoms with Crippen molar-refractivity contribution >= 4 is 15.9 Å². The first-order valence-corrected chi connectivity index (χ1v) is 6.50. The van der Waals surface area contributed by atoms with Crippen molar-refractivity contribution in [3.63, 3.8) is 0 Å². The molecule has 3 nitrogen and oxygen atoms in total. The lowest BCUT2D eigenvalue weighted by Crippen LogP contribution is -2.27. The van der Waals surface area contributed by atoms with Crippen LogP contribution < -0.4 is 4.74 Å². The standard InChI is InChI=1S/C13H15BrN2O/c1-17-12-4-5-13(14)10(7-12)9-16-6-2-3-11(16)8-15/h4-5,7,11H,2-3,6,9H2,1H3. The minimum Gasteiger partial charge on any atom is -0.497 e. The van der Waals surface area contributed by atoms with Crippen LogP contribution in [-0.2, 0) is 6.54 Å². The topological polar surface area (TPSA) is 36.3 Å². The van der Waals surface area contributed by atoms with Crippen molar-refractivity contribution in [2.24, 2.45) is 0 Å². The summed E-state index contributed by atoms with van der Waals surface area (Å²) in [6.45, 7) is 1.80.